The van der Waals surface area contributed by atoms with Crippen LogP contribution in [-0.2, 0) is 10.3 Å². The Kier molecular flexibility index (Phi) is 3.93. The van der Waals surface area contributed by atoms with Crippen LogP contribution in [0.1, 0.15) is 45.6 Å². The Labute approximate surface area is 122 Å². The Morgan fingerprint density at radius 3 is 2.43 bits per heavy atom. The normalized spacial score (nSPS) is 17.0. The quantitative estimate of drug-likeness (QED) is 0.876. The van der Waals surface area contributed by atoms with Crippen molar-refractivity contribution in [2.45, 2.75) is 51.2 Å². The number of carbonyl (C=O) groups excluding carboxylic acids is 1. The number of nitrogens with one attached hydrogen (secondary N) is 1. The lowest BCUT2D eigenvalue weighted by atomic mass is 9.72. The zero-order chi connectivity index (χ0) is 15.8. The Bertz CT molecular complexity index is 564. The van der Waals surface area contributed by atoms with E-state index in [0.29, 0.717) is 18.4 Å². The van der Waals surface area contributed by atoms with E-state index in [1.54, 1.807) is 20.8 Å². The number of benzene rings is 1. The Morgan fingerprint density at radius 2 is 1.95 bits per heavy atom. The van der Waals surface area contributed by atoms with Gasteiger partial charge in [-0.25, -0.2) is 13.6 Å². The topological polar surface area (TPSA) is 64.3 Å². The fourth-order valence-electron chi connectivity index (χ4n) is 2.23. The molecule has 1 aliphatic rings. The predicted molar refractivity (Wildman–Crippen MR) is 75.9 cm³/mol. The first-order valence-electron chi connectivity index (χ1n) is 6.89. The minimum atomic E-state index is -1.12. The molecule has 21 heavy (non-hydrogen) atoms. The highest BCUT2D eigenvalue weighted by atomic mass is 19.2. The molecule has 0 radical (unpaired) electrons. The molecule has 1 aromatic carbocycles. The van der Waals surface area contributed by atoms with Gasteiger partial charge in [0.1, 0.15) is 5.60 Å². The summed E-state index contributed by atoms with van der Waals surface area (Å²) in [7, 11) is 0. The third kappa shape index (κ3) is 3.50. The van der Waals surface area contributed by atoms with Gasteiger partial charge in [0, 0.05) is 5.54 Å². The highest BCUT2D eigenvalue weighted by molar-refractivity contribution is 5.85. The highest BCUT2D eigenvalue weighted by Crippen LogP contribution is 2.40. The van der Waals surface area contributed by atoms with Crippen molar-refractivity contribution in [1.29, 1.82) is 0 Å². The average Bonchev–Trinajstić information content (AvgIpc) is 2.29. The molecule has 0 unspecified atom stereocenters. The third-order valence-electron chi connectivity index (χ3n) is 3.48. The van der Waals surface area contributed by atoms with Gasteiger partial charge in [0.2, 0.25) is 0 Å². The van der Waals surface area contributed by atoms with Gasteiger partial charge in [-0.05, 0) is 57.7 Å². The summed E-state index contributed by atoms with van der Waals surface area (Å²) in [4.78, 5) is 11.7. The molecule has 0 aliphatic heterocycles. The first-order chi connectivity index (χ1) is 9.61. The lowest BCUT2D eigenvalue weighted by Crippen LogP contribution is -2.43. The van der Waals surface area contributed by atoms with Crippen LogP contribution in [0.2, 0.25) is 0 Å². The van der Waals surface area contributed by atoms with Gasteiger partial charge in [-0.1, -0.05) is 0 Å². The van der Waals surface area contributed by atoms with Crippen LogP contribution in [-0.4, -0.2) is 11.7 Å². The second kappa shape index (κ2) is 5.26. The number of halogens is 2. The summed E-state index contributed by atoms with van der Waals surface area (Å²) in [5, 5.41) is 2.24. The van der Waals surface area contributed by atoms with Crippen LogP contribution < -0.4 is 11.1 Å². The van der Waals surface area contributed by atoms with Crippen LogP contribution >= 0.6 is 0 Å². The number of carbonyl (C=O) groups is 1. The van der Waals surface area contributed by atoms with Crippen molar-refractivity contribution in [1.82, 2.24) is 0 Å². The first-order valence-corrected chi connectivity index (χ1v) is 6.89. The summed E-state index contributed by atoms with van der Waals surface area (Å²) in [5.74, 6) is -2.15. The lowest BCUT2D eigenvalue weighted by molar-refractivity contribution is 0.0635. The van der Waals surface area contributed by atoms with E-state index in [4.69, 9.17) is 10.5 Å². The van der Waals surface area contributed by atoms with Crippen LogP contribution in [0.4, 0.5) is 19.3 Å². The fourth-order valence-corrected chi connectivity index (χ4v) is 2.23. The number of nitrogens with two attached hydrogens (primary N) is 1. The zero-order valence-electron chi connectivity index (χ0n) is 12.4. The van der Waals surface area contributed by atoms with Crippen LogP contribution in [0.5, 0.6) is 0 Å². The minimum absolute atomic E-state index is 0.254. The smallest absolute Gasteiger partial charge is 0.412 e. The molecular formula is C15H20F2N2O2. The summed E-state index contributed by atoms with van der Waals surface area (Å²) in [6.45, 7) is 5.05. The fraction of sp³-hybridized carbons (Fsp3) is 0.533. The molecule has 1 aliphatic carbocycles. The summed E-state index contributed by atoms with van der Waals surface area (Å²) >= 11 is 0. The molecule has 0 heterocycles. The monoisotopic (exact) mass is 298 g/mol. The summed E-state index contributed by atoms with van der Waals surface area (Å²) in [6.07, 6.45) is 1.54. The van der Waals surface area contributed by atoms with Gasteiger partial charge in [0.15, 0.2) is 11.6 Å². The molecule has 2 rings (SSSR count). The maximum absolute atomic E-state index is 13.8. The second-order valence-electron chi connectivity index (χ2n) is 6.46. The number of anilines is 1. The Hall–Kier alpha value is -1.69. The van der Waals surface area contributed by atoms with Crippen molar-refractivity contribution in [2.24, 2.45) is 5.73 Å². The Balaban J connectivity index is 2.24. The third-order valence-corrected chi connectivity index (χ3v) is 3.48. The van der Waals surface area contributed by atoms with Gasteiger partial charge in [-0.2, -0.15) is 0 Å². The maximum atomic E-state index is 13.8. The highest BCUT2D eigenvalue weighted by Gasteiger charge is 2.35. The predicted octanol–water partition coefficient (Wildman–Crippen LogP) is 3.65. The molecule has 1 aromatic rings. The molecule has 6 heteroatoms. The second-order valence-corrected chi connectivity index (χ2v) is 6.46. The number of hydrogen-bond acceptors (Lipinski definition) is 3. The molecule has 0 bridgehead atoms. The molecule has 116 valence electrons. The average molecular weight is 298 g/mol. The number of ether oxygens (including phenoxy) is 1. The Morgan fingerprint density at radius 1 is 1.33 bits per heavy atom. The summed E-state index contributed by atoms with van der Waals surface area (Å²) < 4.78 is 32.5. The van der Waals surface area contributed by atoms with Gasteiger partial charge in [-0.15, -0.1) is 0 Å². The van der Waals surface area contributed by atoms with E-state index in [2.05, 4.69) is 5.32 Å². The van der Waals surface area contributed by atoms with Crippen molar-refractivity contribution in [3.05, 3.63) is 29.3 Å². The van der Waals surface area contributed by atoms with Crippen molar-refractivity contribution in [3.63, 3.8) is 0 Å². The van der Waals surface area contributed by atoms with Gasteiger partial charge in [0.25, 0.3) is 0 Å². The van der Waals surface area contributed by atoms with E-state index >= 15 is 0 Å². The van der Waals surface area contributed by atoms with Gasteiger partial charge < -0.3 is 10.5 Å². The van der Waals surface area contributed by atoms with Gasteiger partial charge in [0.05, 0.1) is 5.69 Å². The van der Waals surface area contributed by atoms with Crippen molar-refractivity contribution in [2.75, 3.05) is 5.32 Å². The van der Waals surface area contributed by atoms with Crippen LogP contribution in [0, 0.1) is 11.6 Å². The standard InChI is InChI=1S/C15H20F2N2O2/c1-14(2,3)21-13(20)19-11-8-9(7-10(16)12(11)17)15(18)5-4-6-15/h7-8H,4-6,18H2,1-3H3,(H,19,20). The first kappa shape index (κ1) is 15.7. The van der Waals surface area contributed by atoms with E-state index in [1.165, 1.54) is 6.07 Å². The van der Waals surface area contributed by atoms with E-state index in [-0.39, 0.29) is 5.69 Å². The summed E-state index contributed by atoms with van der Waals surface area (Å²) in [6, 6.07) is 2.47. The molecule has 0 saturated heterocycles. The molecule has 1 saturated carbocycles. The lowest BCUT2D eigenvalue weighted by Gasteiger charge is -2.38. The molecule has 0 aromatic heterocycles. The van der Waals surface area contributed by atoms with Crippen molar-refractivity contribution in [3.8, 4) is 0 Å². The van der Waals surface area contributed by atoms with E-state index < -0.39 is 28.9 Å². The van der Waals surface area contributed by atoms with Crippen LogP contribution in [0.25, 0.3) is 0 Å². The van der Waals surface area contributed by atoms with Crippen molar-refractivity contribution < 1.29 is 18.3 Å². The maximum Gasteiger partial charge on any atom is 0.412 e. The summed E-state index contributed by atoms with van der Waals surface area (Å²) in [5.41, 5.74) is 4.98. The molecule has 0 spiro atoms. The van der Waals surface area contributed by atoms with Crippen LogP contribution in [0.15, 0.2) is 12.1 Å². The van der Waals surface area contributed by atoms with E-state index in [1.807, 2.05) is 0 Å². The number of hydrogen-bond donors (Lipinski definition) is 2. The number of amides is 1. The molecule has 0 atom stereocenters. The van der Waals surface area contributed by atoms with Crippen molar-refractivity contribution >= 4 is 11.8 Å². The molecule has 3 N–H and O–H groups in total. The SMILES string of the molecule is CC(C)(C)OC(=O)Nc1cc(C2(N)CCC2)cc(F)c1F. The largest absolute Gasteiger partial charge is 0.444 e. The van der Waals surface area contributed by atoms with E-state index in [9.17, 15) is 13.6 Å². The molecule has 1 fully saturated rings. The van der Waals surface area contributed by atoms with E-state index in [0.717, 1.165) is 12.5 Å². The zero-order valence-corrected chi connectivity index (χ0v) is 12.4. The molecule has 4 nitrogen and oxygen atoms in total. The van der Waals surface area contributed by atoms with Gasteiger partial charge in [-0.3, -0.25) is 5.32 Å². The van der Waals surface area contributed by atoms with Gasteiger partial charge >= 0.3 is 6.09 Å². The van der Waals surface area contributed by atoms with Crippen LogP contribution in [0.3, 0.4) is 0 Å². The molecular weight excluding hydrogens is 278 g/mol. The number of rotatable bonds is 2. The molecule has 1 amide bonds. The minimum Gasteiger partial charge on any atom is -0.444 e.